The number of halogens is 1. The summed E-state index contributed by atoms with van der Waals surface area (Å²) in [5.41, 5.74) is 0.910. The molecule has 1 aliphatic heterocycles. The van der Waals surface area contributed by atoms with Crippen molar-refractivity contribution in [2.24, 2.45) is 5.92 Å². The Morgan fingerprint density at radius 3 is 2.74 bits per heavy atom. The molecule has 0 saturated carbocycles. The van der Waals surface area contributed by atoms with Gasteiger partial charge in [-0.25, -0.2) is 4.39 Å². The lowest BCUT2D eigenvalue weighted by atomic mass is 9.96. The Morgan fingerprint density at radius 1 is 1.42 bits per heavy atom. The molecule has 0 radical (unpaired) electrons. The molecule has 0 aliphatic carbocycles. The van der Waals surface area contributed by atoms with E-state index in [9.17, 15) is 4.39 Å². The SMILES string of the molecule is CCN1CCC(CNC(C)c2ccc(F)cn2)CC1. The van der Waals surface area contributed by atoms with Crippen molar-refractivity contribution in [2.75, 3.05) is 26.2 Å². The molecule has 1 aliphatic rings. The molecule has 4 heteroatoms. The van der Waals surface area contributed by atoms with Gasteiger partial charge in [0, 0.05) is 6.04 Å². The number of nitrogens with one attached hydrogen (secondary N) is 1. The van der Waals surface area contributed by atoms with E-state index in [4.69, 9.17) is 0 Å². The van der Waals surface area contributed by atoms with Gasteiger partial charge in [-0.3, -0.25) is 4.98 Å². The zero-order valence-corrected chi connectivity index (χ0v) is 11.9. The number of pyridine rings is 1. The molecule has 3 nitrogen and oxygen atoms in total. The number of piperidine rings is 1. The fourth-order valence-corrected chi connectivity index (χ4v) is 2.60. The van der Waals surface area contributed by atoms with Crippen LogP contribution in [0.1, 0.15) is 38.4 Å². The average molecular weight is 265 g/mol. The van der Waals surface area contributed by atoms with Gasteiger partial charge in [-0.2, -0.15) is 0 Å². The first-order valence-electron chi connectivity index (χ1n) is 7.26. The predicted molar refractivity (Wildman–Crippen MR) is 75.5 cm³/mol. The van der Waals surface area contributed by atoms with Crippen molar-refractivity contribution in [3.8, 4) is 0 Å². The van der Waals surface area contributed by atoms with E-state index in [2.05, 4.69) is 29.0 Å². The Kier molecular flexibility index (Phi) is 5.28. The highest BCUT2D eigenvalue weighted by Gasteiger charge is 2.18. The first kappa shape index (κ1) is 14.4. The van der Waals surface area contributed by atoms with Crippen LogP contribution in [-0.4, -0.2) is 36.1 Å². The molecule has 1 aromatic heterocycles. The van der Waals surface area contributed by atoms with Crippen molar-refractivity contribution in [3.63, 3.8) is 0 Å². The van der Waals surface area contributed by atoms with E-state index in [1.807, 2.05) is 0 Å². The van der Waals surface area contributed by atoms with Crippen molar-refractivity contribution < 1.29 is 4.39 Å². The van der Waals surface area contributed by atoms with Gasteiger partial charge in [0.1, 0.15) is 5.82 Å². The molecule has 0 spiro atoms. The fraction of sp³-hybridized carbons (Fsp3) is 0.667. The summed E-state index contributed by atoms with van der Waals surface area (Å²) < 4.78 is 12.8. The topological polar surface area (TPSA) is 28.2 Å². The Hall–Kier alpha value is -1.00. The normalized spacial score (nSPS) is 19.5. The van der Waals surface area contributed by atoms with Gasteiger partial charge in [-0.05, 0) is 64.0 Å². The van der Waals surface area contributed by atoms with Crippen molar-refractivity contribution in [1.29, 1.82) is 0 Å². The third-order valence-electron chi connectivity index (χ3n) is 4.06. The first-order chi connectivity index (χ1) is 9.19. The second-order valence-electron chi connectivity index (χ2n) is 5.41. The van der Waals surface area contributed by atoms with Gasteiger partial charge in [-0.15, -0.1) is 0 Å². The number of hydrogen-bond donors (Lipinski definition) is 1. The zero-order chi connectivity index (χ0) is 13.7. The fourth-order valence-electron chi connectivity index (χ4n) is 2.60. The number of nitrogens with zero attached hydrogens (tertiary/aromatic N) is 2. The van der Waals surface area contributed by atoms with Crippen LogP contribution in [0.4, 0.5) is 4.39 Å². The molecular formula is C15H24FN3. The van der Waals surface area contributed by atoms with Crippen molar-refractivity contribution in [1.82, 2.24) is 15.2 Å². The highest BCUT2D eigenvalue weighted by molar-refractivity contribution is 5.08. The van der Waals surface area contributed by atoms with E-state index >= 15 is 0 Å². The lowest BCUT2D eigenvalue weighted by molar-refractivity contribution is 0.188. The number of aromatic nitrogens is 1. The summed E-state index contributed by atoms with van der Waals surface area (Å²) in [4.78, 5) is 6.62. The Labute approximate surface area is 115 Å². The summed E-state index contributed by atoms with van der Waals surface area (Å²) in [6, 6.07) is 3.41. The lowest BCUT2D eigenvalue weighted by Gasteiger charge is -2.31. The summed E-state index contributed by atoms with van der Waals surface area (Å²) >= 11 is 0. The van der Waals surface area contributed by atoms with Crippen LogP contribution in [0.2, 0.25) is 0 Å². The van der Waals surface area contributed by atoms with Crippen LogP contribution in [0.5, 0.6) is 0 Å². The van der Waals surface area contributed by atoms with E-state index in [1.165, 1.54) is 38.2 Å². The van der Waals surface area contributed by atoms with Crippen molar-refractivity contribution in [3.05, 3.63) is 29.8 Å². The Balaban J connectivity index is 1.75. The average Bonchev–Trinajstić information content (AvgIpc) is 2.46. The van der Waals surface area contributed by atoms with Crippen molar-refractivity contribution >= 4 is 0 Å². The summed E-state index contributed by atoms with van der Waals surface area (Å²) in [6.07, 6.45) is 3.82. The molecule has 1 N–H and O–H groups in total. The maximum atomic E-state index is 12.8. The second-order valence-corrected chi connectivity index (χ2v) is 5.41. The molecule has 106 valence electrons. The van der Waals surface area contributed by atoms with Gasteiger partial charge < -0.3 is 10.2 Å². The van der Waals surface area contributed by atoms with E-state index in [0.717, 1.165) is 24.7 Å². The van der Waals surface area contributed by atoms with E-state index in [-0.39, 0.29) is 11.9 Å². The molecule has 0 aromatic carbocycles. The third kappa shape index (κ3) is 4.25. The minimum atomic E-state index is -0.275. The standard InChI is InChI=1S/C15H24FN3/c1-3-19-8-6-13(7-9-19)10-17-12(2)15-5-4-14(16)11-18-15/h4-5,11-13,17H,3,6-10H2,1-2H3. The van der Waals surface area contributed by atoms with Crippen LogP contribution in [0.3, 0.4) is 0 Å². The maximum Gasteiger partial charge on any atom is 0.141 e. The largest absolute Gasteiger partial charge is 0.309 e. The van der Waals surface area contributed by atoms with Crippen LogP contribution >= 0.6 is 0 Å². The first-order valence-corrected chi connectivity index (χ1v) is 7.26. The molecule has 1 aromatic rings. The lowest BCUT2D eigenvalue weighted by Crippen LogP contribution is -2.37. The molecule has 1 unspecified atom stereocenters. The van der Waals surface area contributed by atoms with Gasteiger partial charge in [0.25, 0.3) is 0 Å². The summed E-state index contributed by atoms with van der Waals surface area (Å²) in [6.45, 7) is 8.92. The zero-order valence-electron chi connectivity index (χ0n) is 11.9. The summed E-state index contributed by atoms with van der Waals surface area (Å²) in [5.74, 6) is 0.480. The maximum absolute atomic E-state index is 12.8. The van der Waals surface area contributed by atoms with Gasteiger partial charge in [0.15, 0.2) is 0 Å². The quantitative estimate of drug-likeness (QED) is 0.887. The second kappa shape index (κ2) is 6.96. The smallest absolute Gasteiger partial charge is 0.141 e. The molecule has 1 saturated heterocycles. The van der Waals surface area contributed by atoms with E-state index in [0.29, 0.717) is 0 Å². The molecule has 0 bridgehead atoms. The molecule has 1 fully saturated rings. The Bertz CT molecular complexity index is 371. The van der Waals surface area contributed by atoms with E-state index < -0.39 is 0 Å². The monoisotopic (exact) mass is 265 g/mol. The number of hydrogen-bond acceptors (Lipinski definition) is 3. The minimum Gasteiger partial charge on any atom is -0.309 e. The molecular weight excluding hydrogens is 241 g/mol. The highest BCUT2D eigenvalue weighted by Crippen LogP contribution is 2.17. The molecule has 2 heterocycles. The van der Waals surface area contributed by atoms with Gasteiger partial charge >= 0.3 is 0 Å². The third-order valence-corrected chi connectivity index (χ3v) is 4.06. The molecule has 2 rings (SSSR count). The van der Waals surface area contributed by atoms with Crippen LogP contribution in [0.15, 0.2) is 18.3 Å². The van der Waals surface area contributed by atoms with Gasteiger partial charge in [0.05, 0.1) is 11.9 Å². The Morgan fingerprint density at radius 2 is 2.16 bits per heavy atom. The molecule has 0 amide bonds. The summed E-state index contributed by atoms with van der Waals surface area (Å²) in [7, 11) is 0. The van der Waals surface area contributed by atoms with Crippen LogP contribution < -0.4 is 5.32 Å². The summed E-state index contributed by atoms with van der Waals surface area (Å²) in [5, 5.41) is 3.52. The van der Waals surface area contributed by atoms with Gasteiger partial charge in [0.2, 0.25) is 0 Å². The molecule has 1 atom stereocenters. The van der Waals surface area contributed by atoms with Crippen LogP contribution in [0.25, 0.3) is 0 Å². The predicted octanol–water partition coefficient (Wildman–Crippen LogP) is 2.60. The van der Waals surface area contributed by atoms with E-state index in [1.54, 1.807) is 6.07 Å². The minimum absolute atomic E-state index is 0.185. The van der Waals surface area contributed by atoms with Crippen LogP contribution in [-0.2, 0) is 0 Å². The number of likely N-dealkylation sites (tertiary alicyclic amines) is 1. The van der Waals surface area contributed by atoms with Gasteiger partial charge in [-0.1, -0.05) is 6.92 Å². The number of rotatable bonds is 5. The molecule has 19 heavy (non-hydrogen) atoms. The highest BCUT2D eigenvalue weighted by atomic mass is 19.1. The van der Waals surface area contributed by atoms with Crippen LogP contribution in [0, 0.1) is 11.7 Å². The van der Waals surface area contributed by atoms with Crippen molar-refractivity contribution in [2.45, 2.75) is 32.7 Å².